The number of halogens is 3. The first kappa shape index (κ1) is 17.9. The second-order valence-electron chi connectivity index (χ2n) is 7.03. The molecule has 2 aromatic carbocycles. The Morgan fingerprint density at radius 2 is 1.81 bits per heavy atom. The van der Waals surface area contributed by atoms with Crippen LogP contribution in [0.15, 0.2) is 48.5 Å². The molecule has 2 heterocycles. The molecule has 2 N–H and O–H groups in total. The van der Waals surface area contributed by atoms with Gasteiger partial charge in [0.25, 0.3) is 0 Å². The van der Waals surface area contributed by atoms with Gasteiger partial charge in [-0.3, -0.25) is 0 Å². The van der Waals surface area contributed by atoms with E-state index in [2.05, 4.69) is 9.47 Å². The zero-order valence-corrected chi connectivity index (χ0v) is 14.8. The maximum Gasteiger partial charge on any atom is 0.416 e. The van der Waals surface area contributed by atoms with Crippen LogP contribution in [0.5, 0.6) is 0 Å². The van der Waals surface area contributed by atoms with E-state index in [1.807, 2.05) is 24.3 Å². The van der Waals surface area contributed by atoms with Crippen molar-refractivity contribution in [1.29, 1.82) is 0 Å². The lowest BCUT2D eigenvalue weighted by Gasteiger charge is -2.32. The van der Waals surface area contributed by atoms with E-state index < -0.39 is 11.7 Å². The highest BCUT2D eigenvalue weighted by Gasteiger charge is 2.30. The first-order chi connectivity index (χ1) is 12.9. The van der Waals surface area contributed by atoms with Crippen molar-refractivity contribution in [3.05, 3.63) is 59.7 Å². The number of nitrogens with two attached hydrogens (primary N) is 1. The first-order valence-corrected chi connectivity index (χ1v) is 9.04. The number of hydrogen-bond acceptors (Lipinski definition) is 3. The maximum atomic E-state index is 12.8. The van der Waals surface area contributed by atoms with Crippen LogP contribution in [-0.2, 0) is 12.7 Å². The zero-order valence-electron chi connectivity index (χ0n) is 14.8. The van der Waals surface area contributed by atoms with Crippen LogP contribution in [0.25, 0.3) is 11.0 Å². The summed E-state index contributed by atoms with van der Waals surface area (Å²) in [4.78, 5) is 6.96. The summed E-state index contributed by atoms with van der Waals surface area (Å²) in [6.45, 7) is 2.07. The van der Waals surface area contributed by atoms with Crippen LogP contribution in [0.3, 0.4) is 0 Å². The quantitative estimate of drug-likeness (QED) is 0.753. The molecule has 0 aliphatic carbocycles. The molecule has 0 radical (unpaired) electrons. The van der Waals surface area contributed by atoms with Gasteiger partial charge in [-0.1, -0.05) is 24.3 Å². The lowest BCUT2D eigenvalue weighted by Crippen LogP contribution is -2.44. The molecule has 1 aliphatic heterocycles. The number of alkyl halides is 3. The minimum atomic E-state index is -4.32. The summed E-state index contributed by atoms with van der Waals surface area (Å²) in [5, 5.41) is 0. The van der Waals surface area contributed by atoms with Crippen molar-refractivity contribution in [2.75, 3.05) is 18.0 Å². The number of para-hydroxylation sites is 2. The third-order valence-electron chi connectivity index (χ3n) is 5.00. The number of anilines is 1. The van der Waals surface area contributed by atoms with Gasteiger partial charge in [0, 0.05) is 19.1 Å². The van der Waals surface area contributed by atoms with Gasteiger partial charge < -0.3 is 15.2 Å². The minimum Gasteiger partial charge on any atom is -0.341 e. The summed E-state index contributed by atoms with van der Waals surface area (Å²) >= 11 is 0. The number of aromatic nitrogens is 2. The van der Waals surface area contributed by atoms with Crippen molar-refractivity contribution < 1.29 is 13.2 Å². The number of nitrogens with zero attached hydrogens (tertiary/aromatic N) is 3. The molecule has 1 aliphatic rings. The molecule has 1 fully saturated rings. The van der Waals surface area contributed by atoms with Gasteiger partial charge >= 0.3 is 6.18 Å². The van der Waals surface area contributed by atoms with Crippen LogP contribution < -0.4 is 10.6 Å². The van der Waals surface area contributed by atoms with Gasteiger partial charge in [0.15, 0.2) is 0 Å². The number of piperidine rings is 1. The maximum absolute atomic E-state index is 12.8. The molecular weight excluding hydrogens is 353 g/mol. The summed E-state index contributed by atoms with van der Waals surface area (Å²) in [5.74, 6) is 0.825. The van der Waals surface area contributed by atoms with Crippen LogP contribution >= 0.6 is 0 Å². The van der Waals surface area contributed by atoms with Crippen LogP contribution in [0, 0.1) is 0 Å². The molecule has 1 unspecified atom stereocenters. The van der Waals surface area contributed by atoms with E-state index in [1.165, 1.54) is 12.1 Å². The summed E-state index contributed by atoms with van der Waals surface area (Å²) in [5.41, 5.74) is 8.13. The molecule has 0 bridgehead atoms. The fraction of sp³-hybridized carbons (Fsp3) is 0.350. The van der Waals surface area contributed by atoms with E-state index in [0.29, 0.717) is 6.54 Å². The molecule has 27 heavy (non-hydrogen) atoms. The van der Waals surface area contributed by atoms with E-state index >= 15 is 0 Å². The van der Waals surface area contributed by atoms with Gasteiger partial charge in [-0.25, -0.2) is 4.98 Å². The molecule has 3 aromatic rings. The fourth-order valence-corrected chi connectivity index (χ4v) is 3.63. The average molecular weight is 374 g/mol. The van der Waals surface area contributed by atoms with Crippen molar-refractivity contribution in [2.45, 2.75) is 31.6 Å². The van der Waals surface area contributed by atoms with Crippen LogP contribution in [0.2, 0.25) is 0 Å². The van der Waals surface area contributed by atoms with Crippen molar-refractivity contribution in [3.8, 4) is 0 Å². The molecule has 1 aromatic heterocycles. The van der Waals surface area contributed by atoms with Crippen molar-refractivity contribution in [2.24, 2.45) is 5.73 Å². The Labute approximate surface area is 155 Å². The van der Waals surface area contributed by atoms with Crippen molar-refractivity contribution in [3.63, 3.8) is 0 Å². The highest BCUT2D eigenvalue weighted by atomic mass is 19.4. The van der Waals surface area contributed by atoms with Gasteiger partial charge in [-0.2, -0.15) is 13.2 Å². The highest BCUT2D eigenvalue weighted by molar-refractivity contribution is 5.79. The summed E-state index contributed by atoms with van der Waals surface area (Å²) < 4.78 is 40.5. The zero-order chi connectivity index (χ0) is 19.0. The van der Waals surface area contributed by atoms with Crippen LogP contribution in [0.4, 0.5) is 19.1 Å². The molecule has 7 heteroatoms. The molecular formula is C20H21F3N4. The Morgan fingerprint density at radius 1 is 1.07 bits per heavy atom. The topological polar surface area (TPSA) is 47.1 Å². The lowest BCUT2D eigenvalue weighted by atomic mass is 10.1. The summed E-state index contributed by atoms with van der Waals surface area (Å²) in [7, 11) is 0. The van der Waals surface area contributed by atoms with E-state index in [9.17, 15) is 13.2 Å². The third kappa shape index (κ3) is 3.64. The third-order valence-corrected chi connectivity index (χ3v) is 5.00. The van der Waals surface area contributed by atoms with Crippen LogP contribution in [-0.4, -0.2) is 28.7 Å². The lowest BCUT2D eigenvalue weighted by molar-refractivity contribution is -0.137. The highest BCUT2D eigenvalue weighted by Crippen LogP contribution is 2.30. The molecule has 142 valence electrons. The molecule has 1 saturated heterocycles. The van der Waals surface area contributed by atoms with Crippen LogP contribution in [0.1, 0.15) is 24.0 Å². The number of rotatable bonds is 3. The predicted octanol–water partition coefficient (Wildman–Crippen LogP) is 4.03. The molecule has 0 saturated carbocycles. The second kappa shape index (κ2) is 6.88. The number of benzene rings is 2. The Hall–Kier alpha value is -2.54. The van der Waals surface area contributed by atoms with Gasteiger partial charge in [0.1, 0.15) is 0 Å². The number of fused-ring (bicyclic) bond motifs is 1. The minimum absolute atomic E-state index is 0.109. The first-order valence-electron chi connectivity index (χ1n) is 9.04. The largest absolute Gasteiger partial charge is 0.416 e. The standard InChI is InChI=1S/C20H21F3N4/c21-20(22,23)15-9-7-14(8-10-15)12-27-18-6-2-1-5-17(18)25-19(27)26-11-3-4-16(24)13-26/h1-2,5-10,16H,3-4,11-13,24H2. The molecule has 0 spiro atoms. The monoisotopic (exact) mass is 374 g/mol. The normalized spacial score (nSPS) is 18.2. The second-order valence-corrected chi connectivity index (χ2v) is 7.03. The Morgan fingerprint density at radius 3 is 2.52 bits per heavy atom. The van der Waals surface area contributed by atoms with E-state index in [0.717, 1.165) is 60.6 Å². The fourth-order valence-electron chi connectivity index (χ4n) is 3.63. The Bertz CT molecular complexity index is 931. The Balaban J connectivity index is 1.70. The van der Waals surface area contributed by atoms with Gasteiger partial charge in [0.2, 0.25) is 5.95 Å². The summed E-state index contributed by atoms with van der Waals surface area (Å²) in [6, 6.07) is 13.2. The van der Waals surface area contributed by atoms with E-state index in [1.54, 1.807) is 0 Å². The van der Waals surface area contributed by atoms with Gasteiger partial charge in [-0.05, 0) is 42.7 Å². The SMILES string of the molecule is NC1CCCN(c2nc3ccccc3n2Cc2ccc(C(F)(F)F)cc2)C1. The predicted molar refractivity (Wildman–Crippen MR) is 99.7 cm³/mol. The van der Waals surface area contributed by atoms with Gasteiger partial charge in [-0.15, -0.1) is 0 Å². The Kier molecular flexibility index (Phi) is 4.55. The smallest absolute Gasteiger partial charge is 0.341 e. The molecule has 4 rings (SSSR count). The van der Waals surface area contributed by atoms with Crippen molar-refractivity contribution in [1.82, 2.24) is 9.55 Å². The number of imidazole rings is 1. The van der Waals surface area contributed by atoms with Crippen molar-refractivity contribution >= 4 is 17.0 Å². The summed E-state index contributed by atoms with van der Waals surface area (Å²) in [6.07, 6.45) is -2.32. The van der Waals surface area contributed by atoms with Gasteiger partial charge in [0.05, 0.1) is 23.1 Å². The molecule has 0 amide bonds. The average Bonchev–Trinajstić information content (AvgIpc) is 3.00. The van der Waals surface area contributed by atoms with E-state index in [-0.39, 0.29) is 6.04 Å². The molecule has 4 nitrogen and oxygen atoms in total. The number of hydrogen-bond donors (Lipinski definition) is 1. The molecule has 1 atom stereocenters. The van der Waals surface area contributed by atoms with E-state index in [4.69, 9.17) is 10.7 Å².